The van der Waals surface area contributed by atoms with Crippen LogP contribution in [0.2, 0.25) is 0 Å². The van der Waals surface area contributed by atoms with Crippen LogP contribution in [-0.2, 0) is 32.7 Å². The van der Waals surface area contributed by atoms with Crippen molar-refractivity contribution in [1.29, 1.82) is 0 Å². The molecule has 2 aromatic carbocycles. The van der Waals surface area contributed by atoms with Gasteiger partial charge in [0.15, 0.2) is 5.43 Å². The molecule has 1 aromatic heterocycles. The molecule has 5 unspecified atom stereocenters. The molecule has 3 aromatic rings. The van der Waals surface area contributed by atoms with Gasteiger partial charge in [-0.3, -0.25) is 58.6 Å². The molecule has 0 radical (unpaired) electrons. The normalized spacial score (nSPS) is 18.7. The topological polar surface area (TPSA) is 326 Å². The van der Waals surface area contributed by atoms with Gasteiger partial charge >= 0.3 is 11.7 Å². The number of hydrogen-bond acceptors (Lipinski definition) is 17. The van der Waals surface area contributed by atoms with Crippen molar-refractivity contribution in [2.45, 2.75) is 101 Å². The van der Waals surface area contributed by atoms with Crippen LogP contribution < -0.4 is 32.4 Å². The van der Waals surface area contributed by atoms with Crippen molar-refractivity contribution < 1.29 is 67.0 Å². The number of carbonyl (C=O) groups is 5. The SMILES string of the molecule is Cc1cn(C2CC(O)C(COP(=O)([O-])OCCSC3CC(=O)N(CCCCCCCCCCC(=O)NNC(=O)c4ccc(C(=O)O)c(-c5c6ccc(=O)cc-6oc6cc(O)ccc56)c4)C3=O)O2)c(=O)[nH]c1=O. The zero-order valence-corrected chi connectivity index (χ0v) is 40.7. The smallest absolute Gasteiger partial charge is 0.336 e. The largest absolute Gasteiger partial charge is 0.756 e. The number of aromatic hydroxyl groups is 1. The van der Waals surface area contributed by atoms with Crippen LogP contribution in [0, 0.1) is 6.92 Å². The Hall–Kier alpha value is -6.46. The third kappa shape index (κ3) is 13.3. The summed E-state index contributed by atoms with van der Waals surface area (Å²) < 4.78 is 34.8. The average Bonchev–Trinajstić information content (AvgIpc) is 3.84. The van der Waals surface area contributed by atoms with E-state index in [-0.39, 0.29) is 94.8 Å². The molecule has 7 rings (SSSR count). The van der Waals surface area contributed by atoms with Crippen molar-refractivity contribution in [1.82, 2.24) is 25.3 Å². The van der Waals surface area contributed by atoms with E-state index in [4.69, 9.17) is 18.2 Å². The number of carboxylic acid groups (broad SMARTS) is 1. The van der Waals surface area contributed by atoms with Gasteiger partial charge in [0.2, 0.25) is 17.7 Å². The molecule has 0 spiro atoms. The average molecular weight is 1040 g/mol. The maximum atomic E-state index is 13.2. The summed E-state index contributed by atoms with van der Waals surface area (Å²) in [5.41, 5.74) is 4.41. The summed E-state index contributed by atoms with van der Waals surface area (Å²) >= 11 is 1.10. The third-order valence-corrected chi connectivity index (χ3v) is 14.4. The number of benzene rings is 3. The van der Waals surface area contributed by atoms with Gasteiger partial charge in [-0.1, -0.05) is 38.5 Å². The Balaban J connectivity index is 0.746. The van der Waals surface area contributed by atoms with Gasteiger partial charge in [-0.25, -0.2) is 9.59 Å². The highest BCUT2D eigenvalue weighted by Gasteiger charge is 2.39. The van der Waals surface area contributed by atoms with Gasteiger partial charge in [-0.15, -0.1) is 11.8 Å². The molecule has 4 heterocycles. The molecule has 22 nitrogen and oxygen atoms in total. The number of phenolic OH excluding ortho intramolecular Hbond substituents is 1. The van der Waals surface area contributed by atoms with Gasteiger partial charge in [0.1, 0.15) is 29.4 Å². The van der Waals surface area contributed by atoms with Gasteiger partial charge in [0.25, 0.3) is 19.3 Å². The Morgan fingerprint density at radius 3 is 2.40 bits per heavy atom. The van der Waals surface area contributed by atoms with Crippen LogP contribution in [0.1, 0.15) is 103 Å². The molecule has 5 atom stereocenters. The number of aliphatic hydroxyl groups excluding tert-OH is 1. The van der Waals surface area contributed by atoms with E-state index in [2.05, 4.69) is 15.8 Å². The number of ether oxygens (including phenoxy) is 1. The molecule has 3 aliphatic heterocycles. The molecular formula is C48H53N5O17PS-. The minimum Gasteiger partial charge on any atom is -0.756 e. The van der Waals surface area contributed by atoms with Crippen molar-refractivity contribution >= 4 is 60.2 Å². The molecule has 4 aliphatic rings. The summed E-state index contributed by atoms with van der Waals surface area (Å²) in [6, 6.07) is 12.3. The second-order valence-electron chi connectivity index (χ2n) is 17.4. The zero-order chi connectivity index (χ0) is 51.7. The third-order valence-electron chi connectivity index (χ3n) is 12.2. The number of aromatic amines is 1. The molecule has 72 heavy (non-hydrogen) atoms. The van der Waals surface area contributed by atoms with E-state index in [9.17, 15) is 63.1 Å². The number of aromatic nitrogens is 2. The Labute approximate surface area is 414 Å². The number of unbranched alkanes of at least 4 members (excludes halogenated alkanes) is 7. The number of hydrogen-bond donors (Lipinski definition) is 6. The summed E-state index contributed by atoms with van der Waals surface area (Å²) in [4.78, 5) is 116. The number of H-pyrrole nitrogens is 1. The monoisotopic (exact) mass is 1030 g/mol. The van der Waals surface area contributed by atoms with E-state index < -0.39 is 67.1 Å². The molecule has 2 fully saturated rings. The van der Waals surface area contributed by atoms with Gasteiger partial charge in [-0.05, 0) is 67.8 Å². The van der Waals surface area contributed by atoms with Crippen LogP contribution >= 0.6 is 19.6 Å². The van der Waals surface area contributed by atoms with Crippen LogP contribution in [0.4, 0.5) is 0 Å². The lowest BCUT2D eigenvalue weighted by atomic mass is 9.89. The highest BCUT2D eigenvalue weighted by atomic mass is 32.2. The Morgan fingerprint density at radius 2 is 1.65 bits per heavy atom. The van der Waals surface area contributed by atoms with Crippen molar-refractivity contribution in [3.63, 3.8) is 0 Å². The van der Waals surface area contributed by atoms with E-state index in [0.29, 0.717) is 29.4 Å². The number of likely N-dealkylation sites (tertiary alicyclic amines) is 1. The number of nitrogens with zero attached hydrogens (tertiary/aromatic N) is 2. The van der Waals surface area contributed by atoms with E-state index in [1.54, 1.807) is 6.07 Å². The lowest BCUT2D eigenvalue weighted by Gasteiger charge is -2.25. The number of amides is 4. The van der Waals surface area contributed by atoms with Crippen molar-refractivity contribution in [2.24, 2.45) is 0 Å². The fraction of sp³-hybridized carbons (Fsp3) is 0.417. The lowest BCUT2D eigenvalue weighted by Crippen LogP contribution is -2.41. The summed E-state index contributed by atoms with van der Waals surface area (Å²) in [6.07, 6.45) is 4.45. The van der Waals surface area contributed by atoms with E-state index in [1.165, 1.54) is 66.6 Å². The second-order valence-corrected chi connectivity index (χ2v) is 20.1. The molecule has 0 saturated carbocycles. The van der Waals surface area contributed by atoms with Crippen molar-refractivity contribution in [3.8, 4) is 28.2 Å². The number of rotatable bonds is 23. The zero-order valence-electron chi connectivity index (χ0n) is 39.0. The van der Waals surface area contributed by atoms with Crippen LogP contribution in [0.25, 0.3) is 33.4 Å². The number of carboxylic acids is 1. The number of carbonyl (C=O) groups excluding carboxylic acids is 4. The first-order valence-electron chi connectivity index (χ1n) is 23.3. The molecule has 2 saturated heterocycles. The molecule has 0 bridgehead atoms. The van der Waals surface area contributed by atoms with Crippen molar-refractivity contribution in [3.05, 3.63) is 109 Å². The minimum absolute atomic E-state index is 0.0133. The predicted molar refractivity (Wildman–Crippen MR) is 258 cm³/mol. The molecule has 384 valence electrons. The number of fused-ring (bicyclic) bond motifs is 2. The minimum atomic E-state index is -4.85. The Bertz CT molecular complexity index is 3050. The van der Waals surface area contributed by atoms with E-state index in [0.717, 1.165) is 54.9 Å². The number of thioether (sulfide) groups is 1. The van der Waals surface area contributed by atoms with Crippen LogP contribution in [0.5, 0.6) is 5.75 Å². The van der Waals surface area contributed by atoms with Crippen LogP contribution in [0.3, 0.4) is 0 Å². The summed E-state index contributed by atoms with van der Waals surface area (Å²) in [5, 5.41) is 30.3. The summed E-state index contributed by atoms with van der Waals surface area (Å²) in [6.45, 7) is 0.842. The van der Waals surface area contributed by atoms with Crippen LogP contribution in [-0.4, -0.2) is 102 Å². The number of aromatic carboxylic acids is 1. The lowest BCUT2D eigenvalue weighted by molar-refractivity contribution is -0.228. The first-order chi connectivity index (χ1) is 34.4. The van der Waals surface area contributed by atoms with Gasteiger partial charge < -0.3 is 38.4 Å². The van der Waals surface area contributed by atoms with Gasteiger partial charge in [-0.2, -0.15) is 0 Å². The van der Waals surface area contributed by atoms with Crippen molar-refractivity contribution in [2.75, 3.05) is 25.5 Å². The molecule has 6 N–H and O–H groups in total. The quantitative estimate of drug-likeness (QED) is 0.0176. The second kappa shape index (κ2) is 23.8. The highest BCUT2D eigenvalue weighted by molar-refractivity contribution is 8.00. The molecule has 24 heteroatoms. The molecular weight excluding hydrogens is 982 g/mol. The van der Waals surface area contributed by atoms with E-state index >= 15 is 0 Å². The maximum absolute atomic E-state index is 13.2. The number of phosphoric acid groups is 1. The summed E-state index contributed by atoms with van der Waals surface area (Å²) in [5.74, 6) is -2.90. The fourth-order valence-electron chi connectivity index (χ4n) is 8.50. The van der Waals surface area contributed by atoms with Crippen LogP contribution in [0.15, 0.2) is 79.6 Å². The molecule has 4 amide bonds. The molecule has 1 aliphatic carbocycles. The standard InChI is InChI=1S/C48H54N5O17PS/c1-27-25-53(48(64)49-44(27)59)42-23-35(56)38(70-42)26-68-71(65,66)67-18-19-72-39-24-41(58)52(46(39)61)17-9-7-5-3-2-4-6-8-10-40(57)50-51-45(60)28-11-14-31(47(62)63)34(20-28)43-32-15-12-29(54)21-36(32)69-37-22-30(55)13-16-33(37)43/h11-16,20-22,25,35,38-39,42,54,56H,2-10,17-19,23-24,26H2,1H3,(H,50,57)(H,51,60)(H,62,63)(H,65,66)(H,49,59,64)/p-1. The predicted octanol–water partition coefficient (Wildman–Crippen LogP) is 4.11. The first kappa shape index (κ1) is 53.3. The number of imide groups is 1. The Morgan fingerprint density at radius 1 is 0.917 bits per heavy atom. The van der Waals surface area contributed by atoms with Gasteiger partial charge in [0.05, 0.1) is 30.1 Å². The fourth-order valence-corrected chi connectivity index (χ4v) is 10.3. The number of aliphatic hydroxyl groups is 1. The number of aryl methyl sites for hydroxylation is 1. The van der Waals surface area contributed by atoms with E-state index in [1.807, 2.05) is 0 Å². The number of phenols is 1. The first-order valence-corrected chi connectivity index (χ1v) is 25.8. The number of phosphoric ester groups is 1. The number of hydrazine groups is 1. The Kier molecular flexibility index (Phi) is 17.7. The number of nitrogens with one attached hydrogen (secondary N) is 3. The maximum Gasteiger partial charge on any atom is 0.336 e. The highest BCUT2D eigenvalue weighted by Crippen LogP contribution is 2.43. The summed E-state index contributed by atoms with van der Waals surface area (Å²) in [7, 11) is -4.85. The van der Waals surface area contributed by atoms with Gasteiger partial charge in [0, 0.05) is 77.5 Å².